The van der Waals surface area contributed by atoms with E-state index in [1.807, 2.05) is 42.5 Å². The van der Waals surface area contributed by atoms with Gasteiger partial charge in [0.15, 0.2) is 0 Å². The third-order valence-corrected chi connectivity index (χ3v) is 4.49. The standard InChI is InChI=1S/C20H15ClN2O2/c1-13(24)23-12-17-10-16(20-22-8-9-25-20)5-3-14(17)2-4-15-11-18(21)6-7-19(15)23/h2-11H,12H2,1H3/b4-2-. The molecular weight excluding hydrogens is 336 g/mol. The van der Waals surface area contributed by atoms with Gasteiger partial charge >= 0.3 is 0 Å². The number of nitrogens with zero attached hydrogens (tertiary/aromatic N) is 2. The lowest BCUT2D eigenvalue weighted by atomic mass is 9.99. The van der Waals surface area contributed by atoms with Crippen LogP contribution < -0.4 is 4.90 Å². The summed E-state index contributed by atoms with van der Waals surface area (Å²) in [6, 6.07) is 11.5. The van der Waals surface area contributed by atoms with Crippen molar-refractivity contribution in [2.45, 2.75) is 13.5 Å². The number of amides is 1. The molecule has 0 N–H and O–H groups in total. The topological polar surface area (TPSA) is 46.3 Å². The molecular formula is C20H15ClN2O2. The SMILES string of the molecule is CC(=O)N1Cc2cc(-c3ncco3)ccc2/C=C\c2cc(Cl)ccc21. The lowest BCUT2D eigenvalue weighted by molar-refractivity contribution is -0.116. The molecule has 0 fully saturated rings. The van der Waals surface area contributed by atoms with Crippen molar-refractivity contribution in [1.82, 2.24) is 4.98 Å². The van der Waals surface area contributed by atoms with Gasteiger partial charge in [0.25, 0.3) is 0 Å². The molecule has 1 aliphatic rings. The van der Waals surface area contributed by atoms with Crippen LogP contribution in [0.4, 0.5) is 5.69 Å². The Bertz CT molecular complexity index is 977. The van der Waals surface area contributed by atoms with Crippen LogP contribution in [0.25, 0.3) is 23.6 Å². The zero-order chi connectivity index (χ0) is 17.4. The van der Waals surface area contributed by atoms with Gasteiger partial charge in [-0.15, -0.1) is 0 Å². The van der Waals surface area contributed by atoms with E-state index in [0.717, 1.165) is 27.9 Å². The van der Waals surface area contributed by atoms with E-state index in [-0.39, 0.29) is 5.91 Å². The molecule has 4 nitrogen and oxygen atoms in total. The fourth-order valence-corrected chi connectivity index (χ4v) is 3.21. The summed E-state index contributed by atoms with van der Waals surface area (Å²) in [6.45, 7) is 2.04. The highest BCUT2D eigenvalue weighted by atomic mass is 35.5. The molecule has 4 rings (SSSR count). The van der Waals surface area contributed by atoms with E-state index in [2.05, 4.69) is 4.98 Å². The molecule has 25 heavy (non-hydrogen) atoms. The summed E-state index contributed by atoms with van der Waals surface area (Å²) >= 11 is 6.12. The zero-order valence-electron chi connectivity index (χ0n) is 13.6. The molecule has 1 aliphatic heterocycles. The maximum absolute atomic E-state index is 12.3. The average Bonchev–Trinajstić information content (AvgIpc) is 3.11. The molecule has 1 amide bonds. The molecule has 0 unspecified atom stereocenters. The van der Waals surface area contributed by atoms with Crippen LogP contribution in [0.2, 0.25) is 5.02 Å². The van der Waals surface area contributed by atoms with Gasteiger partial charge in [0.05, 0.1) is 18.4 Å². The predicted molar refractivity (Wildman–Crippen MR) is 99.2 cm³/mol. The Morgan fingerprint density at radius 3 is 2.76 bits per heavy atom. The van der Waals surface area contributed by atoms with Crippen LogP contribution in [0.1, 0.15) is 23.6 Å². The largest absolute Gasteiger partial charge is 0.445 e. The molecule has 0 atom stereocenters. The number of rotatable bonds is 1. The quantitative estimate of drug-likeness (QED) is 0.618. The van der Waals surface area contributed by atoms with Gasteiger partial charge in [0.2, 0.25) is 11.8 Å². The molecule has 0 aliphatic carbocycles. The molecule has 3 aromatic rings. The van der Waals surface area contributed by atoms with Gasteiger partial charge < -0.3 is 9.32 Å². The van der Waals surface area contributed by atoms with Crippen LogP contribution >= 0.6 is 11.6 Å². The number of halogens is 1. The number of benzene rings is 2. The molecule has 1 aromatic heterocycles. The summed E-state index contributed by atoms with van der Waals surface area (Å²) < 4.78 is 5.39. The highest BCUT2D eigenvalue weighted by Crippen LogP contribution is 2.32. The number of fused-ring (bicyclic) bond motifs is 2. The highest BCUT2D eigenvalue weighted by Gasteiger charge is 2.19. The fourth-order valence-electron chi connectivity index (χ4n) is 3.03. The van der Waals surface area contributed by atoms with E-state index in [4.69, 9.17) is 16.0 Å². The minimum atomic E-state index is -0.0219. The molecule has 124 valence electrons. The lowest BCUT2D eigenvalue weighted by Gasteiger charge is -2.26. The van der Waals surface area contributed by atoms with Crippen LogP contribution in [-0.4, -0.2) is 10.9 Å². The second kappa shape index (κ2) is 6.22. The van der Waals surface area contributed by atoms with Crippen molar-refractivity contribution in [3.05, 3.63) is 70.6 Å². The second-order valence-corrected chi connectivity index (χ2v) is 6.33. The summed E-state index contributed by atoms with van der Waals surface area (Å²) in [5, 5.41) is 0.645. The van der Waals surface area contributed by atoms with Crippen molar-refractivity contribution in [2.24, 2.45) is 0 Å². The van der Waals surface area contributed by atoms with Gasteiger partial charge in [-0.05, 0) is 47.0 Å². The van der Waals surface area contributed by atoms with Gasteiger partial charge in [-0.2, -0.15) is 0 Å². The number of carbonyl (C=O) groups is 1. The summed E-state index contributed by atoms with van der Waals surface area (Å²) in [6.07, 6.45) is 7.20. The van der Waals surface area contributed by atoms with Crippen LogP contribution in [-0.2, 0) is 11.3 Å². The van der Waals surface area contributed by atoms with Crippen molar-refractivity contribution in [1.29, 1.82) is 0 Å². The van der Waals surface area contributed by atoms with Gasteiger partial charge in [0.1, 0.15) is 6.26 Å². The number of oxazole rings is 1. The average molecular weight is 351 g/mol. The maximum Gasteiger partial charge on any atom is 0.225 e. The summed E-state index contributed by atoms with van der Waals surface area (Å²) in [7, 11) is 0. The molecule has 0 radical (unpaired) electrons. The van der Waals surface area contributed by atoms with Crippen LogP contribution in [0.3, 0.4) is 0 Å². The first kappa shape index (κ1) is 15.7. The fraction of sp³-hybridized carbons (Fsp3) is 0.100. The summed E-state index contributed by atoms with van der Waals surface area (Å²) in [5.41, 5.74) is 4.73. The van der Waals surface area contributed by atoms with Gasteiger partial charge in [-0.25, -0.2) is 4.98 Å². The van der Waals surface area contributed by atoms with E-state index in [1.165, 1.54) is 0 Å². The van der Waals surface area contributed by atoms with E-state index < -0.39 is 0 Å². The Kier molecular flexibility index (Phi) is 3.90. The monoisotopic (exact) mass is 350 g/mol. The lowest BCUT2D eigenvalue weighted by Crippen LogP contribution is -2.29. The predicted octanol–water partition coefficient (Wildman–Crippen LogP) is 5.03. The first-order valence-corrected chi connectivity index (χ1v) is 8.28. The van der Waals surface area contributed by atoms with Crippen LogP contribution in [0.5, 0.6) is 0 Å². The second-order valence-electron chi connectivity index (χ2n) is 5.89. The van der Waals surface area contributed by atoms with Crippen LogP contribution in [0.15, 0.2) is 53.3 Å². The molecule has 2 heterocycles. The highest BCUT2D eigenvalue weighted by molar-refractivity contribution is 6.30. The number of carbonyl (C=O) groups excluding carboxylic acids is 1. The van der Waals surface area contributed by atoms with Crippen molar-refractivity contribution < 1.29 is 9.21 Å². The molecule has 2 aromatic carbocycles. The Hall–Kier alpha value is -2.85. The Labute approximate surface area is 150 Å². The number of aromatic nitrogens is 1. The van der Waals surface area contributed by atoms with E-state index in [1.54, 1.807) is 30.4 Å². The smallest absolute Gasteiger partial charge is 0.225 e. The summed E-state index contributed by atoms with van der Waals surface area (Å²) in [5.74, 6) is 0.543. The van der Waals surface area contributed by atoms with Gasteiger partial charge in [0, 0.05) is 17.5 Å². The van der Waals surface area contributed by atoms with E-state index >= 15 is 0 Å². The van der Waals surface area contributed by atoms with Crippen LogP contribution in [0, 0.1) is 0 Å². The normalized spacial score (nSPS) is 14.2. The molecule has 0 saturated heterocycles. The van der Waals surface area contributed by atoms with Gasteiger partial charge in [-0.1, -0.05) is 29.8 Å². The third-order valence-electron chi connectivity index (χ3n) is 4.25. The zero-order valence-corrected chi connectivity index (χ0v) is 14.3. The minimum Gasteiger partial charge on any atom is -0.445 e. The van der Waals surface area contributed by atoms with Gasteiger partial charge in [-0.3, -0.25) is 4.79 Å². The van der Waals surface area contributed by atoms with E-state index in [0.29, 0.717) is 17.5 Å². The Morgan fingerprint density at radius 2 is 2.00 bits per heavy atom. The number of hydrogen-bond acceptors (Lipinski definition) is 3. The molecule has 0 bridgehead atoms. The number of anilines is 1. The molecule has 5 heteroatoms. The first-order chi connectivity index (χ1) is 12.1. The van der Waals surface area contributed by atoms with Crippen molar-refractivity contribution in [3.8, 4) is 11.5 Å². The van der Waals surface area contributed by atoms with Crippen molar-refractivity contribution >= 4 is 35.3 Å². The first-order valence-electron chi connectivity index (χ1n) is 7.90. The maximum atomic E-state index is 12.3. The third kappa shape index (κ3) is 2.96. The number of hydrogen-bond donors (Lipinski definition) is 0. The van der Waals surface area contributed by atoms with E-state index in [9.17, 15) is 4.79 Å². The molecule has 0 spiro atoms. The Balaban J connectivity index is 1.86. The van der Waals surface area contributed by atoms with Crippen molar-refractivity contribution in [3.63, 3.8) is 0 Å². The minimum absolute atomic E-state index is 0.0219. The Morgan fingerprint density at radius 1 is 1.16 bits per heavy atom. The summed E-state index contributed by atoms with van der Waals surface area (Å²) in [4.78, 5) is 18.2. The molecule has 0 saturated carbocycles. The van der Waals surface area contributed by atoms with Crippen molar-refractivity contribution in [2.75, 3.05) is 4.90 Å².